The molecule has 0 aromatic carbocycles. The Bertz CT molecular complexity index is 301. The molecule has 5 heteroatoms. The summed E-state index contributed by atoms with van der Waals surface area (Å²) in [5, 5.41) is 6.67. The fourth-order valence-electron chi connectivity index (χ4n) is 2.77. The molecular weight excluding hydrogens is 278 g/mol. The van der Waals surface area contributed by atoms with Gasteiger partial charge in [0.05, 0.1) is 0 Å². The molecule has 2 N–H and O–H groups in total. The Morgan fingerprint density at radius 1 is 1.18 bits per heavy atom. The van der Waals surface area contributed by atoms with Crippen molar-refractivity contribution in [1.82, 2.24) is 15.5 Å². The average Bonchev–Trinajstić information content (AvgIpc) is 2.49. The number of nitrogens with one attached hydrogen (secondary N) is 2. The summed E-state index contributed by atoms with van der Waals surface area (Å²) in [6.07, 6.45) is 6.97. The lowest BCUT2D eigenvalue weighted by atomic mass is 9.96. The molecule has 0 atom stereocenters. The highest BCUT2D eigenvalue weighted by Gasteiger charge is 2.22. The number of ether oxygens (including phenoxy) is 1. The van der Waals surface area contributed by atoms with Crippen molar-refractivity contribution in [2.24, 2.45) is 0 Å². The van der Waals surface area contributed by atoms with Gasteiger partial charge >= 0.3 is 6.09 Å². The van der Waals surface area contributed by atoms with Crippen LogP contribution >= 0.6 is 0 Å². The summed E-state index contributed by atoms with van der Waals surface area (Å²) < 4.78 is 5.24. The van der Waals surface area contributed by atoms with Crippen LogP contribution in [-0.2, 0) is 4.74 Å². The topological polar surface area (TPSA) is 53.6 Å². The second-order valence-corrected chi connectivity index (χ2v) is 7.11. The number of nitrogens with zero attached hydrogens (tertiary/aromatic N) is 1. The van der Waals surface area contributed by atoms with Gasteiger partial charge in [-0.3, -0.25) is 0 Å². The van der Waals surface area contributed by atoms with Gasteiger partial charge in [0.25, 0.3) is 0 Å². The lowest BCUT2D eigenvalue weighted by Gasteiger charge is -2.30. The van der Waals surface area contributed by atoms with Gasteiger partial charge in [-0.25, -0.2) is 4.79 Å². The van der Waals surface area contributed by atoms with Crippen LogP contribution in [0.5, 0.6) is 0 Å². The molecule has 2 rings (SSSR count). The number of rotatable bonds is 2. The minimum absolute atomic E-state index is 0.200. The third-order valence-corrected chi connectivity index (χ3v) is 3.87. The second-order valence-electron chi connectivity index (χ2n) is 7.11. The molecular formula is C17H35N3O2. The maximum Gasteiger partial charge on any atom is 0.410 e. The lowest BCUT2D eigenvalue weighted by Crippen LogP contribution is -2.48. The van der Waals surface area contributed by atoms with Crippen molar-refractivity contribution in [3.63, 3.8) is 0 Å². The van der Waals surface area contributed by atoms with Gasteiger partial charge in [0, 0.05) is 32.2 Å². The summed E-state index contributed by atoms with van der Waals surface area (Å²) in [6, 6.07) is 0.851. The minimum Gasteiger partial charge on any atom is -0.444 e. The second kappa shape index (κ2) is 10.1. The lowest BCUT2D eigenvalue weighted by molar-refractivity contribution is 0.0229. The molecule has 0 radical (unpaired) electrons. The van der Waals surface area contributed by atoms with Crippen LogP contribution in [-0.4, -0.2) is 55.4 Å². The molecule has 130 valence electrons. The molecule has 0 unspecified atom stereocenters. The van der Waals surface area contributed by atoms with Crippen molar-refractivity contribution in [3.8, 4) is 0 Å². The van der Waals surface area contributed by atoms with Crippen molar-refractivity contribution >= 4 is 6.09 Å². The molecule has 0 aromatic rings. The minimum atomic E-state index is -0.387. The van der Waals surface area contributed by atoms with Crippen LogP contribution in [0.2, 0.25) is 0 Å². The Labute approximate surface area is 136 Å². The van der Waals surface area contributed by atoms with Crippen LogP contribution in [0.1, 0.15) is 59.8 Å². The van der Waals surface area contributed by atoms with Crippen LogP contribution in [0.25, 0.3) is 0 Å². The molecule has 1 aliphatic heterocycles. The summed E-state index contributed by atoms with van der Waals surface area (Å²) in [5.41, 5.74) is -0.387. The standard InChI is InChI=1S/C9H18N2O2.C8H17N/c1-9(2,3)13-8(12)11-6-4-10-5-7-11;1-2-9-8-6-4-3-5-7-8/h10H,4-7H2,1-3H3;8-9H,2-7H2,1H3. The highest BCUT2D eigenvalue weighted by atomic mass is 16.6. The SMILES string of the molecule is CC(C)(C)OC(=O)N1CCNCC1.CCNC1CCCCC1. The molecule has 2 fully saturated rings. The largest absolute Gasteiger partial charge is 0.444 e. The van der Waals surface area contributed by atoms with Gasteiger partial charge in [-0.1, -0.05) is 26.2 Å². The zero-order valence-corrected chi connectivity index (χ0v) is 14.9. The fraction of sp³-hybridized carbons (Fsp3) is 0.941. The number of carbonyl (C=O) groups excluding carboxylic acids is 1. The monoisotopic (exact) mass is 313 g/mol. The highest BCUT2D eigenvalue weighted by molar-refractivity contribution is 5.68. The van der Waals surface area contributed by atoms with Crippen LogP contribution in [0.3, 0.4) is 0 Å². The smallest absolute Gasteiger partial charge is 0.410 e. The zero-order valence-electron chi connectivity index (χ0n) is 14.9. The van der Waals surface area contributed by atoms with E-state index in [1.807, 2.05) is 20.8 Å². The van der Waals surface area contributed by atoms with E-state index in [4.69, 9.17) is 4.74 Å². The molecule has 2 aliphatic rings. The van der Waals surface area contributed by atoms with Crippen molar-refractivity contribution < 1.29 is 9.53 Å². The van der Waals surface area contributed by atoms with E-state index < -0.39 is 0 Å². The number of hydrogen-bond donors (Lipinski definition) is 2. The molecule has 1 saturated heterocycles. The van der Waals surface area contributed by atoms with Gasteiger partial charge in [-0.2, -0.15) is 0 Å². The summed E-state index contributed by atoms with van der Waals surface area (Å²) in [7, 11) is 0. The molecule has 5 nitrogen and oxygen atoms in total. The fourth-order valence-corrected chi connectivity index (χ4v) is 2.77. The molecule has 1 aliphatic carbocycles. The molecule has 1 heterocycles. The van der Waals surface area contributed by atoms with E-state index in [0.717, 1.165) is 38.8 Å². The van der Waals surface area contributed by atoms with Crippen molar-refractivity contribution in [1.29, 1.82) is 0 Å². The Balaban J connectivity index is 0.000000235. The first-order valence-electron chi connectivity index (χ1n) is 8.84. The van der Waals surface area contributed by atoms with Crippen molar-refractivity contribution in [3.05, 3.63) is 0 Å². The Morgan fingerprint density at radius 2 is 1.77 bits per heavy atom. The van der Waals surface area contributed by atoms with E-state index in [0.29, 0.717) is 0 Å². The summed E-state index contributed by atoms with van der Waals surface area (Å²) in [6.45, 7) is 12.2. The molecule has 0 aromatic heterocycles. The van der Waals surface area contributed by atoms with Crippen LogP contribution in [0.4, 0.5) is 4.79 Å². The number of carbonyl (C=O) groups is 1. The average molecular weight is 313 g/mol. The predicted molar refractivity (Wildman–Crippen MR) is 91.2 cm³/mol. The van der Waals surface area contributed by atoms with E-state index in [-0.39, 0.29) is 11.7 Å². The van der Waals surface area contributed by atoms with Crippen LogP contribution < -0.4 is 10.6 Å². The van der Waals surface area contributed by atoms with Crippen molar-refractivity contribution in [2.45, 2.75) is 71.4 Å². The maximum absolute atomic E-state index is 11.5. The predicted octanol–water partition coefficient (Wildman–Crippen LogP) is 2.76. The number of amides is 1. The first-order chi connectivity index (χ1) is 10.4. The zero-order chi connectivity index (χ0) is 16.4. The van der Waals surface area contributed by atoms with Gasteiger partial charge in [-0.05, 0) is 40.2 Å². The van der Waals surface area contributed by atoms with E-state index in [9.17, 15) is 4.79 Å². The van der Waals surface area contributed by atoms with Gasteiger partial charge in [-0.15, -0.1) is 0 Å². The summed E-state index contributed by atoms with van der Waals surface area (Å²) in [4.78, 5) is 13.2. The normalized spacial score (nSPS) is 20.1. The third-order valence-electron chi connectivity index (χ3n) is 3.87. The molecule has 1 saturated carbocycles. The van der Waals surface area contributed by atoms with Gasteiger partial charge in [0.1, 0.15) is 5.60 Å². The van der Waals surface area contributed by atoms with Crippen LogP contribution in [0, 0.1) is 0 Å². The highest BCUT2D eigenvalue weighted by Crippen LogP contribution is 2.16. The third kappa shape index (κ3) is 8.59. The van der Waals surface area contributed by atoms with Crippen LogP contribution in [0.15, 0.2) is 0 Å². The van der Waals surface area contributed by atoms with Gasteiger partial charge in [0.2, 0.25) is 0 Å². The summed E-state index contributed by atoms with van der Waals surface area (Å²) in [5.74, 6) is 0. The van der Waals surface area contributed by atoms with E-state index in [1.54, 1.807) is 4.90 Å². The Morgan fingerprint density at radius 3 is 2.27 bits per heavy atom. The van der Waals surface area contributed by atoms with E-state index >= 15 is 0 Å². The first-order valence-corrected chi connectivity index (χ1v) is 8.84. The van der Waals surface area contributed by atoms with Gasteiger partial charge in [0.15, 0.2) is 0 Å². The Kier molecular flexibility index (Phi) is 8.79. The molecule has 0 spiro atoms. The first kappa shape index (κ1) is 19.2. The molecule has 1 amide bonds. The molecule has 22 heavy (non-hydrogen) atoms. The van der Waals surface area contributed by atoms with E-state index in [2.05, 4.69) is 17.6 Å². The van der Waals surface area contributed by atoms with E-state index in [1.165, 1.54) is 32.1 Å². The summed E-state index contributed by atoms with van der Waals surface area (Å²) >= 11 is 0. The Hall–Kier alpha value is -0.810. The quantitative estimate of drug-likeness (QED) is 0.823. The molecule has 0 bridgehead atoms. The van der Waals surface area contributed by atoms with Gasteiger partial charge < -0.3 is 20.3 Å². The van der Waals surface area contributed by atoms with Crippen molar-refractivity contribution in [2.75, 3.05) is 32.7 Å². The maximum atomic E-state index is 11.5. The number of piperazine rings is 1. The number of hydrogen-bond acceptors (Lipinski definition) is 4.